The molecule has 1 aliphatic carbocycles. The lowest BCUT2D eigenvalue weighted by atomic mass is 10.1. The molecule has 6 heteroatoms. The molecule has 1 saturated carbocycles. The van der Waals surface area contributed by atoms with Crippen molar-refractivity contribution in [3.63, 3.8) is 0 Å². The number of carboxylic acids is 1. The Morgan fingerprint density at radius 1 is 1.43 bits per heavy atom. The van der Waals surface area contributed by atoms with Gasteiger partial charge in [-0.2, -0.15) is 0 Å². The Balaban J connectivity index is 1.72. The van der Waals surface area contributed by atoms with Crippen LogP contribution in [0.1, 0.15) is 18.4 Å². The van der Waals surface area contributed by atoms with E-state index in [4.69, 9.17) is 5.11 Å². The number of carbonyl (C=O) groups is 2. The van der Waals surface area contributed by atoms with Gasteiger partial charge in [0, 0.05) is 17.1 Å². The Kier molecular flexibility index (Phi) is 3.37. The lowest BCUT2D eigenvalue weighted by Gasteiger charge is -2.13. The van der Waals surface area contributed by atoms with Gasteiger partial charge in [-0.15, -0.1) is 0 Å². The fourth-order valence-corrected chi connectivity index (χ4v) is 2.51. The molecule has 1 aromatic heterocycles. The molecule has 2 aromatic rings. The average molecular weight is 290 g/mol. The minimum Gasteiger partial charge on any atom is -0.480 e. The van der Waals surface area contributed by atoms with E-state index in [1.165, 1.54) is 12.1 Å². The lowest BCUT2D eigenvalue weighted by molar-refractivity contribution is -0.142. The monoisotopic (exact) mass is 290 g/mol. The van der Waals surface area contributed by atoms with Gasteiger partial charge in [0.05, 0.1) is 6.42 Å². The summed E-state index contributed by atoms with van der Waals surface area (Å²) >= 11 is 0. The maximum Gasteiger partial charge on any atom is 0.326 e. The second-order valence-corrected chi connectivity index (χ2v) is 5.40. The van der Waals surface area contributed by atoms with Crippen molar-refractivity contribution in [2.24, 2.45) is 5.92 Å². The summed E-state index contributed by atoms with van der Waals surface area (Å²) in [5.41, 5.74) is 1.34. The summed E-state index contributed by atoms with van der Waals surface area (Å²) in [5, 5.41) is 12.4. The van der Waals surface area contributed by atoms with Crippen molar-refractivity contribution in [3.05, 3.63) is 35.8 Å². The highest BCUT2D eigenvalue weighted by Gasteiger charge is 2.37. The van der Waals surface area contributed by atoms with Crippen molar-refractivity contribution in [1.82, 2.24) is 10.3 Å². The van der Waals surface area contributed by atoms with Crippen LogP contribution in [-0.4, -0.2) is 28.0 Å². The van der Waals surface area contributed by atoms with E-state index < -0.39 is 12.0 Å². The first-order valence-corrected chi connectivity index (χ1v) is 6.82. The SMILES string of the molecule is O=C(Cc1c[nH]c2cc(F)ccc12)NC(C(=O)O)C1CC1. The molecule has 0 saturated heterocycles. The van der Waals surface area contributed by atoms with E-state index in [1.807, 2.05) is 0 Å². The zero-order valence-electron chi connectivity index (χ0n) is 11.2. The van der Waals surface area contributed by atoms with Crippen LogP contribution in [0.3, 0.4) is 0 Å². The second-order valence-electron chi connectivity index (χ2n) is 5.40. The molecular formula is C15H15FN2O3. The molecule has 21 heavy (non-hydrogen) atoms. The molecule has 1 amide bonds. The van der Waals surface area contributed by atoms with Crippen LogP contribution < -0.4 is 5.32 Å². The van der Waals surface area contributed by atoms with Crippen molar-refractivity contribution < 1.29 is 19.1 Å². The number of carboxylic acid groups (broad SMARTS) is 1. The van der Waals surface area contributed by atoms with Crippen molar-refractivity contribution in [1.29, 1.82) is 0 Å². The fourth-order valence-electron chi connectivity index (χ4n) is 2.51. The number of fused-ring (bicyclic) bond motifs is 1. The first-order chi connectivity index (χ1) is 10.0. The fraction of sp³-hybridized carbons (Fsp3) is 0.333. The van der Waals surface area contributed by atoms with Gasteiger partial charge in [-0.25, -0.2) is 9.18 Å². The topological polar surface area (TPSA) is 82.2 Å². The number of benzene rings is 1. The Morgan fingerprint density at radius 2 is 2.19 bits per heavy atom. The van der Waals surface area contributed by atoms with Gasteiger partial charge in [-0.1, -0.05) is 0 Å². The van der Waals surface area contributed by atoms with Crippen molar-refractivity contribution in [2.45, 2.75) is 25.3 Å². The Bertz CT molecular complexity index is 706. The van der Waals surface area contributed by atoms with Crippen LogP contribution in [0, 0.1) is 11.7 Å². The Morgan fingerprint density at radius 3 is 2.86 bits per heavy atom. The largest absolute Gasteiger partial charge is 0.480 e. The molecule has 0 spiro atoms. The number of hydrogen-bond acceptors (Lipinski definition) is 2. The minimum atomic E-state index is -0.994. The second kappa shape index (κ2) is 5.20. The Labute approximate surface area is 120 Å². The summed E-state index contributed by atoms with van der Waals surface area (Å²) in [6.45, 7) is 0. The number of carbonyl (C=O) groups excluding carboxylic acids is 1. The van der Waals surface area contributed by atoms with E-state index in [9.17, 15) is 14.0 Å². The highest BCUT2D eigenvalue weighted by atomic mass is 19.1. The lowest BCUT2D eigenvalue weighted by Crippen LogP contribution is -2.43. The Hall–Kier alpha value is -2.37. The van der Waals surface area contributed by atoms with Gasteiger partial charge < -0.3 is 15.4 Å². The zero-order valence-corrected chi connectivity index (χ0v) is 11.2. The number of hydrogen-bond donors (Lipinski definition) is 3. The highest BCUT2D eigenvalue weighted by molar-refractivity contribution is 5.90. The molecule has 0 bridgehead atoms. The van der Waals surface area contributed by atoms with Crippen LogP contribution in [0.5, 0.6) is 0 Å². The third kappa shape index (κ3) is 2.89. The molecule has 0 radical (unpaired) electrons. The number of halogens is 1. The van der Waals surface area contributed by atoms with Gasteiger partial charge in [0.1, 0.15) is 11.9 Å². The number of aliphatic carboxylic acids is 1. The van der Waals surface area contributed by atoms with Crippen LogP contribution >= 0.6 is 0 Å². The summed E-state index contributed by atoms with van der Waals surface area (Å²) in [7, 11) is 0. The van der Waals surface area contributed by atoms with Gasteiger partial charge in [0.15, 0.2) is 0 Å². The van der Waals surface area contributed by atoms with Crippen molar-refractivity contribution in [3.8, 4) is 0 Å². The van der Waals surface area contributed by atoms with Gasteiger partial charge in [-0.05, 0) is 42.5 Å². The third-order valence-corrected chi connectivity index (χ3v) is 3.76. The van der Waals surface area contributed by atoms with Crippen molar-refractivity contribution >= 4 is 22.8 Å². The number of H-pyrrole nitrogens is 1. The molecule has 1 fully saturated rings. The van der Waals surface area contributed by atoms with Gasteiger partial charge in [0.2, 0.25) is 5.91 Å². The van der Waals surface area contributed by atoms with Gasteiger partial charge in [0.25, 0.3) is 0 Å². The zero-order chi connectivity index (χ0) is 15.0. The number of amides is 1. The predicted octanol–water partition coefficient (Wildman–Crippen LogP) is 1.83. The molecule has 1 aliphatic rings. The molecule has 3 N–H and O–H groups in total. The van der Waals surface area contributed by atoms with Gasteiger partial charge in [-0.3, -0.25) is 4.79 Å². The summed E-state index contributed by atoms with van der Waals surface area (Å²) < 4.78 is 13.1. The normalized spacial score (nSPS) is 15.9. The van der Waals surface area contributed by atoms with Crippen LogP contribution in [0.15, 0.2) is 24.4 Å². The maximum absolute atomic E-state index is 13.1. The van der Waals surface area contributed by atoms with Crippen LogP contribution in [0.25, 0.3) is 10.9 Å². The first kappa shape index (κ1) is 13.6. The van der Waals surface area contributed by atoms with Crippen LogP contribution in [-0.2, 0) is 16.0 Å². The van der Waals surface area contributed by atoms with Gasteiger partial charge >= 0.3 is 5.97 Å². The minimum absolute atomic E-state index is 0.0449. The number of rotatable bonds is 5. The standard InChI is InChI=1S/C15H15FN2O3/c16-10-3-4-11-9(7-17-12(11)6-10)5-13(19)18-14(15(20)21)8-1-2-8/h3-4,6-8,14,17H,1-2,5H2,(H,18,19)(H,20,21). The third-order valence-electron chi connectivity index (χ3n) is 3.76. The first-order valence-electron chi connectivity index (χ1n) is 6.82. The molecule has 1 atom stereocenters. The van der Waals surface area contributed by atoms with E-state index in [2.05, 4.69) is 10.3 Å². The quantitative estimate of drug-likeness (QED) is 0.785. The predicted molar refractivity (Wildman–Crippen MR) is 74.3 cm³/mol. The summed E-state index contributed by atoms with van der Waals surface area (Å²) in [6, 6.07) is 3.50. The number of aromatic nitrogens is 1. The molecular weight excluding hydrogens is 275 g/mol. The van der Waals surface area contributed by atoms with E-state index in [1.54, 1.807) is 12.3 Å². The van der Waals surface area contributed by atoms with Crippen LogP contribution in [0.4, 0.5) is 4.39 Å². The molecule has 1 aromatic carbocycles. The van der Waals surface area contributed by atoms with E-state index >= 15 is 0 Å². The van der Waals surface area contributed by atoms with E-state index in [0.29, 0.717) is 5.52 Å². The molecule has 0 aliphatic heterocycles. The summed E-state index contributed by atoms with van der Waals surface area (Å²) in [4.78, 5) is 26.0. The molecule has 5 nitrogen and oxygen atoms in total. The van der Waals surface area contributed by atoms with Crippen LogP contribution in [0.2, 0.25) is 0 Å². The highest BCUT2D eigenvalue weighted by Crippen LogP contribution is 2.32. The summed E-state index contributed by atoms with van der Waals surface area (Å²) in [5.74, 6) is -1.63. The maximum atomic E-state index is 13.1. The van der Waals surface area contributed by atoms with E-state index in [-0.39, 0.29) is 24.1 Å². The average Bonchev–Trinajstić information content (AvgIpc) is 3.19. The van der Waals surface area contributed by atoms with Crippen molar-refractivity contribution in [2.75, 3.05) is 0 Å². The molecule has 1 heterocycles. The number of nitrogens with one attached hydrogen (secondary N) is 2. The molecule has 3 rings (SSSR count). The van der Waals surface area contributed by atoms with E-state index in [0.717, 1.165) is 23.8 Å². The molecule has 1 unspecified atom stereocenters. The number of aromatic amines is 1. The summed E-state index contributed by atoms with van der Waals surface area (Å²) in [6.07, 6.45) is 3.39. The molecule has 110 valence electrons. The smallest absolute Gasteiger partial charge is 0.326 e.